The van der Waals surface area contributed by atoms with Crippen LogP contribution in [-0.2, 0) is 5.60 Å². The van der Waals surface area contributed by atoms with Crippen molar-refractivity contribution < 1.29 is 9.84 Å². The predicted octanol–water partition coefficient (Wildman–Crippen LogP) is 3.05. The third-order valence-corrected chi connectivity index (χ3v) is 3.52. The van der Waals surface area contributed by atoms with Gasteiger partial charge in [0, 0.05) is 12.6 Å². The first-order valence-electron chi connectivity index (χ1n) is 6.96. The maximum atomic E-state index is 10.6. The molecule has 108 valence electrons. The average Bonchev–Trinajstić information content (AvgIpc) is 2.44. The van der Waals surface area contributed by atoms with Gasteiger partial charge >= 0.3 is 0 Å². The Bertz CT molecular complexity index is 591. The molecule has 0 aliphatic heterocycles. The van der Waals surface area contributed by atoms with Crippen molar-refractivity contribution in [2.75, 3.05) is 13.7 Å². The van der Waals surface area contributed by atoms with Gasteiger partial charge in [0.15, 0.2) is 0 Å². The van der Waals surface area contributed by atoms with Gasteiger partial charge in [0.25, 0.3) is 0 Å². The van der Waals surface area contributed by atoms with Crippen molar-refractivity contribution in [2.24, 2.45) is 0 Å². The van der Waals surface area contributed by atoms with E-state index in [0.29, 0.717) is 12.6 Å². The van der Waals surface area contributed by atoms with Crippen LogP contribution in [0.15, 0.2) is 36.4 Å². The van der Waals surface area contributed by atoms with Crippen molar-refractivity contribution in [1.29, 1.82) is 0 Å². The van der Waals surface area contributed by atoms with Crippen molar-refractivity contribution in [3.05, 3.63) is 42.0 Å². The number of benzene rings is 2. The molecule has 3 heteroatoms. The first kappa shape index (κ1) is 14.8. The highest BCUT2D eigenvalue weighted by atomic mass is 16.5. The van der Waals surface area contributed by atoms with Gasteiger partial charge in [0.05, 0.1) is 12.7 Å². The zero-order chi connectivity index (χ0) is 14.8. The summed E-state index contributed by atoms with van der Waals surface area (Å²) in [5, 5.41) is 16.1. The SMILES string of the molecule is COc1ccc2cc(C(C)(O)CNC(C)C)ccc2c1. The zero-order valence-electron chi connectivity index (χ0n) is 12.6. The Morgan fingerprint density at radius 2 is 1.80 bits per heavy atom. The van der Waals surface area contributed by atoms with Crippen LogP contribution < -0.4 is 10.1 Å². The lowest BCUT2D eigenvalue weighted by Crippen LogP contribution is -2.38. The maximum Gasteiger partial charge on any atom is 0.119 e. The average molecular weight is 273 g/mol. The van der Waals surface area contributed by atoms with E-state index in [2.05, 4.69) is 19.2 Å². The van der Waals surface area contributed by atoms with Gasteiger partial charge in [-0.25, -0.2) is 0 Å². The van der Waals surface area contributed by atoms with Gasteiger partial charge in [-0.05, 0) is 41.5 Å². The van der Waals surface area contributed by atoms with Crippen molar-refractivity contribution in [2.45, 2.75) is 32.4 Å². The molecule has 0 saturated carbocycles. The number of hydrogen-bond acceptors (Lipinski definition) is 3. The van der Waals surface area contributed by atoms with E-state index < -0.39 is 5.60 Å². The summed E-state index contributed by atoms with van der Waals surface area (Å²) < 4.78 is 5.23. The summed E-state index contributed by atoms with van der Waals surface area (Å²) in [5.41, 5.74) is 0.0431. The molecule has 0 aromatic heterocycles. The van der Waals surface area contributed by atoms with Crippen molar-refractivity contribution in [3.8, 4) is 5.75 Å². The van der Waals surface area contributed by atoms with Crippen LogP contribution in [0.3, 0.4) is 0 Å². The lowest BCUT2D eigenvalue weighted by Gasteiger charge is -2.26. The highest BCUT2D eigenvalue weighted by molar-refractivity contribution is 5.84. The third-order valence-electron chi connectivity index (χ3n) is 3.52. The molecular formula is C17H23NO2. The molecule has 0 bridgehead atoms. The number of ether oxygens (including phenoxy) is 1. The van der Waals surface area contributed by atoms with Gasteiger partial charge in [-0.2, -0.15) is 0 Å². The molecule has 0 aliphatic rings. The van der Waals surface area contributed by atoms with Crippen LogP contribution in [0.25, 0.3) is 10.8 Å². The molecule has 0 amide bonds. The molecule has 0 radical (unpaired) electrons. The second kappa shape index (κ2) is 5.81. The summed E-state index contributed by atoms with van der Waals surface area (Å²) in [6.07, 6.45) is 0. The molecule has 20 heavy (non-hydrogen) atoms. The summed E-state index contributed by atoms with van der Waals surface area (Å²) in [7, 11) is 1.66. The van der Waals surface area contributed by atoms with Crippen molar-refractivity contribution in [1.82, 2.24) is 5.32 Å². The van der Waals surface area contributed by atoms with Crippen LogP contribution >= 0.6 is 0 Å². The third kappa shape index (κ3) is 3.30. The Kier molecular flexibility index (Phi) is 4.31. The topological polar surface area (TPSA) is 41.5 Å². The largest absolute Gasteiger partial charge is 0.497 e. The Balaban J connectivity index is 2.31. The van der Waals surface area contributed by atoms with Crippen LogP contribution in [0.1, 0.15) is 26.3 Å². The van der Waals surface area contributed by atoms with Crippen LogP contribution in [0.2, 0.25) is 0 Å². The van der Waals surface area contributed by atoms with Gasteiger partial charge in [-0.3, -0.25) is 0 Å². The zero-order valence-corrected chi connectivity index (χ0v) is 12.6. The second-order valence-corrected chi connectivity index (χ2v) is 5.74. The van der Waals surface area contributed by atoms with E-state index in [1.54, 1.807) is 7.11 Å². The summed E-state index contributed by atoms with van der Waals surface area (Å²) >= 11 is 0. The Labute approximate surface area is 120 Å². The molecule has 2 rings (SSSR count). The standard InChI is InChI=1S/C17H23NO2/c1-12(2)18-11-17(3,19)15-7-5-14-10-16(20-4)8-6-13(14)9-15/h5-10,12,18-19H,11H2,1-4H3. The lowest BCUT2D eigenvalue weighted by molar-refractivity contribution is 0.0551. The molecule has 0 spiro atoms. The van der Waals surface area contributed by atoms with Gasteiger partial charge in [0.1, 0.15) is 5.75 Å². The van der Waals surface area contributed by atoms with Crippen LogP contribution in [0.4, 0.5) is 0 Å². The Morgan fingerprint density at radius 1 is 1.15 bits per heavy atom. The first-order chi connectivity index (χ1) is 9.42. The summed E-state index contributed by atoms with van der Waals surface area (Å²) in [6, 6.07) is 12.3. The number of rotatable bonds is 5. The highest BCUT2D eigenvalue weighted by Crippen LogP contribution is 2.27. The number of methoxy groups -OCH3 is 1. The molecule has 2 aromatic carbocycles. The molecule has 2 N–H and O–H groups in total. The van der Waals surface area contributed by atoms with E-state index in [9.17, 15) is 5.11 Å². The minimum Gasteiger partial charge on any atom is -0.497 e. The number of nitrogens with one attached hydrogen (secondary N) is 1. The summed E-state index contributed by atoms with van der Waals surface area (Å²) in [4.78, 5) is 0. The minimum atomic E-state index is -0.877. The van der Waals surface area contributed by atoms with E-state index in [1.165, 1.54) is 0 Å². The van der Waals surface area contributed by atoms with Crippen LogP contribution in [0.5, 0.6) is 5.75 Å². The number of fused-ring (bicyclic) bond motifs is 1. The summed E-state index contributed by atoms with van der Waals surface area (Å²) in [5.74, 6) is 0.846. The van der Waals surface area contributed by atoms with Crippen LogP contribution in [0, 0.1) is 0 Å². The van der Waals surface area contributed by atoms with Crippen molar-refractivity contribution >= 4 is 10.8 Å². The monoisotopic (exact) mass is 273 g/mol. The fourth-order valence-electron chi connectivity index (χ4n) is 2.19. The van der Waals surface area contributed by atoms with E-state index >= 15 is 0 Å². The first-order valence-corrected chi connectivity index (χ1v) is 6.96. The van der Waals surface area contributed by atoms with Gasteiger partial charge in [-0.15, -0.1) is 0 Å². The number of hydrogen-bond donors (Lipinski definition) is 2. The molecule has 0 saturated heterocycles. The fourth-order valence-corrected chi connectivity index (χ4v) is 2.19. The Hall–Kier alpha value is -1.58. The van der Waals surface area contributed by atoms with Crippen molar-refractivity contribution in [3.63, 3.8) is 0 Å². The molecule has 0 fully saturated rings. The second-order valence-electron chi connectivity index (χ2n) is 5.74. The Morgan fingerprint density at radius 3 is 2.45 bits per heavy atom. The smallest absolute Gasteiger partial charge is 0.119 e. The predicted molar refractivity (Wildman–Crippen MR) is 83.2 cm³/mol. The molecule has 0 aliphatic carbocycles. The lowest BCUT2D eigenvalue weighted by atomic mass is 9.93. The molecule has 3 nitrogen and oxygen atoms in total. The van der Waals surface area contributed by atoms with E-state index in [1.807, 2.05) is 43.3 Å². The quantitative estimate of drug-likeness (QED) is 0.879. The van der Waals surface area contributed by atoms with E-state index in [-0.39, 0.29) is 0 Å². The molecule has 1 atom stereocenters. The van der Waals surface area contributed by atoms with Crippen LogP contribution in [-0.4, -0.2) is 24.8 Å². The van der Waals surface area contributed by atoms with E-state index in [0.717, 1.165) is 22.1 Å². The molecular weight excluding hydrogens is 250 g/mol. The van der Waals surface area contributed by atoms with Gasteiger partial charge in [0.2, 0.25) is 0 Å². The van der Waals surface area contributed by atoms with Gasteiger partial charge in [-0.1, -0.05) is 32.0 Å². The minimum absolute atomic E-state index is 0.353. The summed E-state index contributed by atoms with van der Waals surface area (Å²) in [6.45, 7) is 6.52. The number of aliphatic hydroxyl groups is 1. The van der Waals surface area contributed by atoms with E-state index in [4.69, 9.17) is 4.74 Å². The molecule has 2 aromatic rings. The normalized spacial score (nSPS) is 14.5. The molecule has 0 heterocycles. The highest BCUT2D eigenvalue weighted by Gasteiger charge is 2.23. The maximum absolute atomic E-state index is 10.6. The van der Waals surface area contributed by atoms with Gasteiger partial charge < -0.3 is 15.2 Å². The fraction of sp³-hybridized carbons (Fsp3) is 0.412. The molecule has 1 unspecified atom stereocenters.